The molecule has 1 aliphatic rings. The third-order valence-electron chi connectivity index (χ3n) is 8.09. The third kappa shape index (κ3) is 11.0. The molecular weight excluding hydrogens is 621 g/mol. The number of carbonyl (C=O) groups is 1. The van der Waals surface area contributed by atoms with Gasteiger partial charge in [0.05, 0.1) is 29.9 Å². The zero-order chi connectivity index (χ0) is 35.8. The average Bonchev–Trinajstić information content (AvgIpc) is 3.03. The number of aryl methyl sites for hydroxylation is 1. The quantitative estimate of drug-likeness (QED) is 0.155. The molecule has 5 rings (SSSR count). The van der Waals surface area contributed by atoms with Crippen molar-refractivity contribution in [1.82, 2.24) is 9.97 Å². The first kappa shape index (κ1) is 36.8. The lowest BCUT2D eigenvalue weighted by Gasteiger charge is -2.40. The predicted octanol–water partition coefficient (Wildman–Crippen LogP) is 7.86. The number of rotatable bonds is 10. The number of nitrogens with one attached hydrogen (secondary N) is 1. The van der Waals surface area contributed by atoms with E-state index in [9.17, 15) is 19.6 Å². The van der Waals surface area contributed by atoms with Crippen molar-refractivity contribution >= 4 is 23.3 Å². The number of hydrogen-bond acceptors (Lipinski definition) is 8. The van der Waals surface area contributed by atoms with Gasteiger partial charge in [0.15, 0.2) is 0 Å². The number of carboxylic acids is 1. The van der Waals surface area contributed by atoms with Crippen LogP contribution in [0, 0.1) is 29.5 Å². The number of halogens is 1. The van der Waals surface area contributed by atoms with Gasteiger partial charge in [-0.1, -0.05) is 38.1 Å². The fourth-order valence-electron chi connectivity index (χ4n) is 5.45. The number of aliphatic hydroxyl groups is 1. The fourth-order valence-corrected chi connectivity index (χ4v) is 5.45. The summed E-state index contributed by atoms with van der Waals surface area (Å²) in [4.78, 5) is 23.6. The largest absolute Gasteiger partial charge is 0.493 e. The molecule has 4 aromatic rings. The number of benzene rings is 2. The molecule has 10 heteroatoms. The lowest BCUT2D eigenvalue weighted by atomic mass is 9.82. The maximum Gasteiger partial charge on any atom is 0.307 e. The van der Waals surface area contributed by atoms with Gasteiger partial charge >= 0.3 is 5.97 Å². The molecule has 0 bridgehead atoms. The molecule has 0 unspecified atom stereocenters. The monoisotopic (exact) mass is 667 g/mol. The van der Waals surface area contributed by atoms with Crippen LogP contribution in [0.4, 0.5) is 21.7 Å². The van der Waals surface area contributed by atoms with Crippen LogP contribution in [-0.2, 0) is 17.6 Å². The molecule has 0 radical (unpaired) electrons. The highest BCUT2D eigenvalue weighted by atomic mass is 19.1. The summed E-state index contributed by atoms with van der Waals surface area (Å²) in [5.41, 5.74) is 4.95. The van der Waals surface area contributed by atoms with Crippen LogP contribution in [-0.4, -0.2) is 51.4 Å². The molecule has 0 spiro atoms. The van der Waals surface area contributed by atoms with Crippen molar-refractivity contribution in [3.05, 3.63) is 95.1 Å². The number of ether oxygens (including phenoxy) is 1. The van der Waals surface area contributed by atoms with E-state index in [0.717, 1.165) is 48.3 Å². The molecule has 1 saturated heterocycles. The van der Waals surface area contributed by atoms with Crippen molar-refractivity contribution in [2.45, 2.75) is 72.8 Å². The minimum atomic E-state index is -0.918. The van der Waals surface area contributed by atoms with Gasteiger partial charge in [0.25, 0.3) is 0 Å². The van der Waals surface area contributed by atoms with Crippen molar-refractivity contribution in [2.24, 2.45) is 5.41 Å². The lowest BCUT2D eigenvalue weighted by Crippen LogP contribution is -2.38. The van der Waals surface area contributed by atoms with Crippen LogP contribution < -0.4 is 15.0 Å². The third-order valence-corrected chi connectivity index (χ3v) is 8.09. The van der Waals surface area contributed by atoms with E-state index in [1.807, 2.05) is 31.2 Å². The summed E-state index contributed by atoms with van der Waals surface area (Å²) in [5.74, 6) is 0.581. The molecule has 49 heavy (non-hydrogen) atoms. The topological polar surface area (TPSA) is 132 Å². The van der Waals surface area contributed by atoms with E-state index in [1.165, 1.54) is 18.3 Å². The highest BCUT2D eigenvalue weighted by molar-refractivity contribution is 5.92. The van der Waals surface area contributed by atoms with Crippen molar-refractivity contribution in [2.75, 3.05) is 29.9 Å². The van der Waals surface area contributed by atoms with Crippen LogP contribution in [0.25, 0.3) is 11.1 Å². The average molecular weight is 668 g/mol. The number of carboxylic acid groups (broad SMARTS) is 1. The summed E-state index contributed by atoms with van der Waals surface area (Å²) >= 11 is 0. The summed E-state index contributed by atoms with van der Waals surface area (Å²) in [6.07, 6.45) is 3.94. The Morgan fingerprint density at radius 2 is 1.69 bits per heavy atom. The maximum atomic E-state index is 13.2. The first-order valence-corrected chi connectivity index (χ1v) is 16.5. The van der Waals surface area contributed by atoms with Crippen LogP contribution in [0.2, 0.25) is 0 Å². The SMILES string of the molecule is CC(C)(C)O.Cc1nc(Nc2ccc(C#N)cn2)c(-c2ccc(OCCc3ccc(F)cc3)cc2)c(N2CCC(C)(C)CC2)c1CC(=O)O. The summed E-state index contributed by atoms with van der Waals surface area (Å²) in [7, 11) is 0. The van der Waals surface area contributed by atoms with E-state index in [1.54, 1.807) is 45.0 Å². The summed E-state index contributed by atoms with van der Waals surface area (Å²) in [6.45, 7) is 13.6. The van der Waals surface area contributed by atoms with Gasteiger partial charge < -0.3 is 25.2 Å². The molecule has 1 fully saturated rings. The summed E-state index contributed by atoms with van der Waals surface area (Å²) in [5, 5.41) is 31.0. The zero-order valence-electron chi connectivity index (χ0n) is 29.2. The van der Waals surface area contributed by atoms with Gasteiger partial charge in [-0.3, -0.25) is 4.79 Å². The van der Waals surface area contributed by atoms with Crippen LogP contribution >= 0.6 is 0 Å². The number of nitriles is 1. The Bertz CT molecular complexity index is 1740. The molecule has 0 atom stereocenters. The molecule has 0 saturated carbocycles. The Kier molecular flexibility index (Phi) is 12.0. The van der Waals surface area contributed by atoms with E-state index in [-0.39, 0.29) is 17.7 Å². The first-order valence-electron chi connectivity index (χ1n) is 16.5. The minimum absolute atomic E-state index is 0.152. The highest BCUT2D eigenvalue weighted by Gasteiger charge is 2.31. The second kappa shape index (κ2) is 15.9. The van der Waals surface area contributed by atoms with E-state index in [0.29, 0.717) is 47.2 Å². The first-order chi connectivity index (χ1) is 23.1. The Hall–Kier alpha value is -5.01. The molecule has 2 aromatic carbocycles. The second-order valence-electron chi connectivity index (χ2n) is 14.1. The molecule has 258 valence electrons. The standard InChI is InChI=1S/C35H36FN5O3.C4H10O/c1-23-29(20-31(42)43)33(41-17-15-35(2,3)16-18-41)32(34(39-23)40-30-13-6-25(21-37)22-38-30)26-7-11-28(12-8-26)44-19-14-24-4-9-27(36)10-5-24;1-4(2,3)5/h4-13,22H,14-20H2,1-3H3,(H,42,43)(H,38,39,40);5H,1-3H3. The van der Waals surface area contributed by atoms with Crippen LogP contribution in [0.3, 0.4) is 0 Å². The van der Waals surface area contributed by atoms with Gasteiger partial charge in [-0.05, 0) is 93.5 Å². The molecule has 1 aliphatic heterocycles. The second-order valence-corrected chi connectivity index (χ2v) is 14.1. The Balaban J connectivity index is 0.00000101. The van der Waals surface area contributed by atoms with Gasteiger partial charge in [-0.2, -0.15) is 5.26 Å². The predicted molar refractivity (Wildman–Crippen MR) is 191 cm³/mol. The molecule has 0 amide bonds. The molecule has 9 nitrogen and oxygen atoms in total. The molecule has 3 N–H and O–H groups in total. The minimum Gasteiger partial charge on any atom is -0.493 e. The molecular formula is C39H46FN5O4. The number of piperidine rings is 1. The normalized spacial score (nSPS) is 13.9. The van der Waals surface area contributed by atoms with Gasteiger partial charge in [0.2, 0.25) is 0 Å². The van der Waals surface area contributed by atoms with Gasteiger partial charge in [-0.25, -0.2) is 14.4 Å². The summed E-state index contributed by atoms with van der Waals surface area (Å²) < 4.78 is 19.2. The lowest BCUT2D eigenvalue weighted by molar-refractivity contribution is -0.136. The van der Waals surface area contributed by atoms with E-state index in [2.05, 4.69) is 35.1 Å². The smallest absolute Gasteiger partial charge is 0.307 e. The van der Waals surface area contributed by atoms with Gasteiger partial charge in [0.1, 0.15) is 29.3 Å². The Morgan fingerprint density at radius 3 is 2.24 bits per heavy atom. The van der Waals surface area contributed by atoms with E-state index >= 15 is 0 Å². The number of hydrogen-bond donors (Lipinski definition) is 3. The highest BCUT2D eigenvalue weighted by Crippen LogP contribution is 2.44. The molecule has 0 aliphatic carbocycles. The maximum absolute atomic E-state index is 13.2. The van der Waals surface area contributed by atoms with Crippen molar-refractivity contribution in [1.29, 1.82) is 5.26 Å². The van der Waals surface area contributed by atoms with Crippen LogP contribution in [0.15, 0.2) is 66.9 Å². The fraction of sp³-hybridized carbons (Fsp3) is 0.385. The number of nitrogens with zero attached hydrogens (tertiary/aromatic N) is 4. The number of aliphatic carboxylic acids is 1. The number of pyridine rings is 2. The zero-order valence-corrected chi connectivity index (χ0v) is 29.2. The number of anilines is 3. The Morgan fingerprint density at radius 1 is 1.06 bits per heavy atom. The van der Waals surface area contributed by atoms with Crippen LogP contribution in [0.5, 0.6) is 5.75 Å². The molecule has 3 heterocycles. The van der Waals surface area contributed by atoms with Crippen molar-refractivity contribution in [3.8, 4) is 22.9 Å². The van der Waals surface area contributed by atoms with Crippen molar-refractivity contribution in [3.63, 3.8) is 0 Å². The molecule has 2 aromatic heterocycles. The van der Waals surface area contributed by atoms with Gasteiger partial charge in [0, 0.05) is 42.5 Å². The Labute approximate surface area is 288 Å². The van der Waals surface area contributed by atoms with Crippen LogP contribution in [0.1, 0.15) is 69.8 Å². The number of aromatic nitrogens is 2. The summed E-state index contributed by atoms with van der Waals surface area (Å²) in [6, 6.07) is 19.6. The van der Waals surface area contributed by atoms with Crippen molar-refractivity contribution < 1.29 is 24.1 Å². The van der Waals surface area contributed by atoms with Gasteiger partial charge in [-0.15, -0.1) is 0 Å². The van der Waals surface area contributed by atoms with E-state index in [4.69, 9.17) is 14.8 Å². The van der Waals surface area contributed by atoms with E-state index < -0.39 is 11.6 Å².